The first-order chi connectivity index (χ1) is 3.29. The van der Waals surface area contributed by atoms with E-state index >= 15 is 0 Å². The van der Waals surface area contributed by atoms with Gasteiger partial charge in [0.2, 0.25) is 0 Å². The summed E-state index contributed by atoms with van der Waals surface area (Å²) in [4.78, 5) is 0. The zero-order chi connectivity index (χ0) is 5.28. The Hall–Kier alpha value is -0.0851. The molecule has 1 aliphatic rings. The summed E-state index contributed by atoms with van der Waals surface area (Å²) in [5, 5.41) is 0. The fourth-order valence-electron chi connectivity index (χ4n) is 0.472. The molecule has 1 saturated heterocycles. The highest BCUT2D eigenvalue weighted by atomic mass is 19.1. The summed E-state index contributed by atoms with van der Waals surface area (Å²) in [6, 6.07) is 0. The smallest absolute Gasteiger partial charge is 0.380 e. The van der Waals surface area contributed by atoms with Crippen LogP contribution in [0.15, 0.2) is 0 Å². The molecular weight excluding hydrogens is 97.8 g/mol. The van der Waals surface area contributed by atoms with Crippen molar-refractivity contribution in [3.8, 4) is 0 Å². The topological polar surface area (TPSA) is 18.5 Å². The van der Waals surface area contributed by atoms with E-state index in [1.54, 1.807) is 6.92 Å². The lowest BCUT2D eigenvalue weighted by Gasteiger charge is -1.92. The van der Waals surface area contributed by atoms with E-state index in [4.69, 9.17) is 0 Å². The lowest BCUT2D eigenvalue weighted by atomic mass is 10.3. The maximum Gasteiger partial charge on any atom is 0.680 e. The first-order valence-electron chi connectivity index (χ1n) is 2.20. The Morgan fingerprint density at radius 2 is 2.57 bits per heavy atom. The average molecular weight is 104 g/mol. The molecule has 1 rings (SSSR count). The third-order valence-corrected chi connectivity index (χ3v) is 0.801. The number of hydrogen-bond acceptors (Lipinski definition) is 2. The van der Waals surface area contributed by atoms with Crippen LogP contribution < -0.4 is 0 Å². The highest BCUT2D eigenvalue weighted by molar-refractivity contribution is 6.36. The van der Waals surface area contributed by atoms with Gasteiger partial charge in [-0.1, -0.05) is 0 Å². The van der Waals surface area contributed by atoms with Crippen LogP contribution in [-0.2, 0) is 9.31 Å². The molecule has 1 heterocycles. The first kappa shape index (κ1) is 5.06. The van der Waals surface area contributed by atoms with Crippen molar-refractivity contribution in [2.45, 2.75) is 13.0 Å². The molecule has 4 heteroatoms. The van der Waals surface area contributed by atoms with E-state index in [-0.39, 0.29) is 6.10 Å². The average Bonchev–Trinajstić information content (AvgIpc) is 1.87. The van der Waals surface area contributed by atoms with Crippen molar-refractivity contribution >= 4 is 7.40 Å². The number of rotatable bonds is 0. The van der Waals surface area contributed by atoms with Crippen LogP contribution >= 0.6 is 0 Å². The first-order valence-corrected chi connectivity index (χ1v) is 2.20. The second-order valence-corrected chi connectivity index (χ2v) is 1.55. The Kier molecular flexibility index (Phi) is 1.30. The van der Waals surface area contributed by atoms with Crippen molar-refractivity contribution < 1.29 is 13.6 Å². The molecule has 2 nitrogen and oxygen atoms in total. The van der Waals surface area contributed by atoms with Gasteiger partial charge < -0.3 is 9.31 Å². The van der Waals surface area contributed by atoms with E-state index in [2.05, 4.69) is 9.31 Å². The molecule has 0 N–H and O–H groups in total. The molecule has 0 spiro atoms. The predicted octanol–water partition coefficient (Wildman–Crippen LogP) is 0.376. The molecular formula is C3H6BFO2. The van der Waals surface area contributed by atoms with Crippen molar-refractivity contribution in [1.29, 1.82) is 0 Å². The van der Waals surface area contributed by atoms with Crippen LogP contribution in [0.25, 0.3) is 0 Å². The molecule has 0 saturated carbocycles. The minimum absolute atomic E-state index is 0.0741. The molecule has 0 aromatic carbocycles. The molecule has 0 amide bonds. The van der Waals surface area contributed by atoms with Gasteiger partial charge in [-0.25, -0.2) is 0 Å². The second-order valence-electron chi connectivity index (χ2n) is 1.55. The number of hydrogen-bond donors (Lipinski definition) is 0. The van der Waals surface area contributed by atoms with E-state index in [1.165, 1.54) is 0 Å². The summed E-state index contributed by atoms with van der Waals surface area (Å²) in [6.45, 7) is 2.14. The van der Waals surface area contributed by atoms with Gasteiger partial charge in [0, 0.05) is 0 Å². The van der Waals surface area contributed by atoms with Crippen LogP contribution in [0.2, 0.25) is 0 Å². The zero-order valence-corrected chi connectivity index (χ0v) is 4.06. The predicted molar refractivity (Wildman–Crippen MR) is 23.4 cm³/mol. The van der Waals surface area contributed by atoms with Gasteiger partial charge in [0.1, 0.15) is 0 Å². The van der Waals surface area contributed by atoms with Crippen LogP contribution in [-0.4, -0.2) is 20.1 Å². The maximum absolute atomic E-state index is 11.7. The molecule has 1 unspecified atom stereocenters. The Morgan fingerprint density at radius 1 is 1.86 bits per heavy atom. The molecule has 7 heavy (non-hydrogen) atoms. The largest absolute Gasteiger partial charge is 0.680 e. The maximum atomic E-state index is 11.7. The van der Waals surface area contributed by atoms with Crippen LogP contribution in [0.4, 0.5) is 4.32 Å². The zero-order valence-electron chi connectivity index (χ0n) is 4.06. The molecule has 1 aliphatic heterocycles. The van der Waals surface area contributed by atoms with Gasteiger partial charge in [-0.15, -0.1) is 0 Å². The summed E-state index contributed by atoms with van der Waals surface area (Å²) in [5.74, 6) is 0. The Morgan fingerprint density at radius 3 is 2.71 bits per heavy atom. The fourth-order valence-corrected chi connectivity index (χ4v) is 0.472. The molecule has 0 aliphatic carbocycles. The Bertz CT molecular complexity index is 62.0. The third kappa shape index (κ3) is 1.14. The standard InChI is InChI=1S/C3H6BFO2/c1-3-2-6-4(5)7-3/h3H,2H2,1H3. The van der Waals surface area contributed by atoms with Gasteiger partial charge in [-0.05, 0) is 6.92 Å². The van der Waals surface area contributed by atoms with Crippen molar-refractivity contribution in [1.82, 2.24) is 0 Å². The fraction of sp³-hybridized carbons (Fsp3) is 1.00. The molecule has 1 atom stereocenters. The van der Waals surface area contributed by atoms with Gasteiger partial charge >= 0.3 is 7.40 Å². The molecule has 40 valence electrons. The monoisotopic (exact) mass is 104 g/mol. The van der Waals surface area contributed by atoms with E-state index in [1.807, 2.05) is 0 Å². The van der Waals surface area contributed by atoms with Crippen molar-refractivity contribution in [2.75, 3.05) is 6.61 Å². The van der Waals surface area contributed by atoms with E-state index in [9.17, 15) is 4.32 Å². The highest BCUT2D eigenvalue weighted by Gasteiger charge is 2.29. The molecule has 0 bridgehead atoms. The Labute approximate surface area is 41.8 Å². The van der Waals surface area contributed by atoms with Gasteiger partial charge in [0.05, 0.1) is 12.7 Å². The molecule has 0 aromatic heterocycles. The summed E-state index contributed by atoms with van der Waals surface area (Å²) in [6.07, 6.45) is -0.0741. The van der Waals surface area contributed by atoms with Gasteiger partial charge in [0.15, 0.2) is 0 Å². The van der Waals surface area contributed by atoms with Crippen molar-refractivity contribution in [3.63, 3.8) is 0 Å². The van der Waals surface area contributed by atoms with Crippen LogP contribution in [0, 0.1) is 0 Å². The van der Waals surface area contributed by atoms with E-state index < -0.39 is 7.40 Å². The minimum Gasteiger partial charge on any atom is -0.380 e. The Balaban J connectivity index is 2.26. The summed E-state index contributed by atoms with van der Waals surface area (Å²) >= 11 is 0. The van der Waals surface area contributed by atoms with Gasteiger partial charge in [-0.2, -0.15) is 0 Å². The normalized spacial score (nSPS) is 31.7. The molecule has 1 fully saturated rings. The van der Waals surface area contributed by atoms with Crippen LogP contribution in [0.3, 0.4) is 0 Å². The molecule has 0 radical (unpaired) electrons. The lowest BCUT2D eigenvalue weighted by molar-refractivity contribution is 0.246. The van der Waals surface area contributed by atoms with E-state index in [0.717, 1.165) is 0 Å². The quantitative estimate of drug-likeness (QED) is 0.413. The summed E-state index contributed by atoms with van der Waals surface area (Å²) < 4.78 is 20.6. The highest BCUT2D eigenvalue weighted by Crippen LogP contribution is 2.06. The molecule has 0 aromatic rings. The van der Waals surface area contributed by atoms with E-state index in [0.29, 0.717) is 6.61 Å². The third-order valence-electron chi connectivity index (χ3n) is 0.801. The van der Waals surface area contributed by atoms with Crippen LogP contribution in [0.1, 0.15) is 6.92 Å². The minimum atomic E-state index is -1.48. The van der Waals surface area contributed by atoms with Crippen LogP contribution in [0.5, 0.6) is 0 Å². The second kappa shape index (κ2) is 1.80. The summed E-state index contributed by atoms with van der Waals surface area (Å²) in [5.41, 5.74) is 0. The summed E-state index contributed by atoms with van der Waals surface area (Å²) in [7, 11) is -1.48. The number of halogens is 1. The van der Waals surface area contributed by atoms with Gasteiger partial charge in [0.25, 0.3) is 0 Å². The van der Waals surface area contributed by atoms with Crippen molar-refractivity contribution in [3.05, 3.63) is 0 Å². The van der Waals surface area contributed by atoms with Gasteiger partial charge in [-0.3, -0.25) is 4.32 Å². The lowest BCUT2D eigenvalue weighted by Crippen LogP contribution is -2.07. The SMILES string of the molecule is CC1COB(F)O1. The van der Waals surface area contributed by atoms with Crippen molar-refractivity contribution in [2.24, 2.45) is 0 Å².